The normalized spacial score (nSPS) is 11.3. The second-order valence-electron chi connectivity index (χ2n) is 10.3. The van der Waals surface area contributed by atoms with Gasteiger partial charge in [0.15, 0.2) is 0 Å². The van der Waals surface area contributed by atoms with Crippen molar-refractivity contribution >= 4 is 17.8 Å². The van der Waals surface area contributed by atoms with Gasteiger partial charge in [0, 0.05) is 17.6 Å². The summed E-state index contributed by atoms with van der Waals surface area (Å²) in [4.78, 5) is 27.8. The van der Waals surface area contributed by atoms with E-state index in [1.54, 1.807) is 16.7 Å². The van der Waals surface area contributed by atoms with E-state index in [1.165, 1.54) is 0 Å². The highest BCUT2D eigenvalue weighted by molar-refractivity contribution is 5.98. The minimum Gasteiger partial charge on any atom is -0.497 e. The average molecular weight is 492 g/mol. The molecule has 0 unspecified atom stereocenters. The topological polar surface area (TPSA) is 88.5 Å². The van der Waals surface area contributed by atoms with Crippen LogP contribution in [0.15, 0.2) is 54.6 Å². The second-order valence-corrected chi connectivity index (χ2v) is 10.3. The SMILES string of the molecule is COc1ccc(-n2nc(C)c(-c3ccccc3)c2NC(=O)CN(CC(C)C)C(=O)NC(C)(C)C)cc1. The summed E-state index contributed by atoms with van der Waals surface area (Å²) in [5.74, 6) is 1.18. The molecule has 0 fully saturated rings. The fourth-order valence-corrected chi connectivity index (χ4v) is 3.91. The van der Waals surface area contributed by atoms with Crippen LogP contribution in [0.25, 0.3) is 16.8 Å². The fraction of sp³-hybridized carbons (Fsp3) is 0.393. The van der Waals surface area contributed by atoms with Crippen molar-refractivity contribution in [2.24, 2.45) is 5.92 Å². The minimum absolute atomic E-state index is 0.0822. The van der Waals surface area contributed by atoms with Crippen LogP contribution in [0.3, 0.4) is 0 Å². The maximum atomic E-state index is 13.4. The minimum atomic E-state index is -0.409. The molecule has 0 atom stereocenters. The summed E-state index contributed by atoms with van der Waals surface area (Å²) in [6.07, 6.45) is 0. The molecule has 0 bridgehead atoms. The Hall–Kier alpha value is -3.81. The van der Waals surface area contributed by atoms with E-state index >= 15 is 0 Å². The molecule has 0 saturated carbocycles. The number of benzene rings is 2. The summed E-state index contributed by atoms with van der Waals surface area (Å²) in [5, 5.41) is 10.8. The second kappa shape index (κ2) is 11.3. The lowest BCUT2D eigenvalue weighted by molar-refractivity contribution is -0.116. The van der Waals surface area contributed by atoms with E-state index in [9.17, 15) is 9.59 Å². The highest BCUT2D eigenvalue weighted by atomic mass is 16.5. The number of nitrogens with one attached hydrogen (secondary N) is 2. The van der Waals surface area contributed by atoms with Gasteiger partial charge in [-0.2, -0.15) is 5.10 Å². The summed E-state index contributed by atoms with van der Waals surface area (Å²) in [7, 11) is 1.62. The van der Waals surface area contributed by atoms with E-state index < -0.39 is 5.54 Å². The molecule has 0 radical (unpaired) electrons. The Morgan fingerprint density at radius 1 is 1.06 bits per heavy atom. The van der Waals surface area contributed by atoms with E-state index in [2.05, 4.69) is 10.6 Å². The molecule has 192 valence electrons. The Morgan fingerprint density at radius 3 is 2.25 bits per heavy atom. The molecule has 8 nitrogen and oxygen atoms in total. The van der Waals surface area contributed by atoms with Crippen molar-refractivity contribution in [1.29, 1.82) is 0 Å². The molecular weight excluding hydrogens is 454 g/mol. The van der Waals surface area contributed by atoms with Gasteiger partial charge in [0.2, 0.25) is 5.91 Å². The molecule has 1 heterocycles. The van der Waals surface area contributed by atoms with Crippen LogP contribution in [0, 0.1) is 12.8 Å². The van der Waals surface area contributed by atoms with Gasteiger partial charge in [-0.3, -0.25) is 4.79 Å². The third kappa shape index (κ3) is 6.87. The van der Waals surface area contributed by atoms with Gasteiger partial charge in [-0.1, -0.05) is 44.2 Å². The van der Waals surface area contributed by atoms with Crippen molar-refractivity contribution in [1.82, 2.24) is 20.0 Å². The van der Waals surface area contributed by atoms with Crippen LogP contribution in [0.2, 0.25) is 0 Å². The van der Waals surface area contributed by atoms with Crippen molar-refractivity contribution < 1.29 is 14.3 Å². The number of nitrogens with zero attached hydrogens (tertiary/aromatic N) is 3. The zero-order chi connectivity index (χ0) is 26.5. The van der Waals surface area contributed by atoms with Gasteiger partial charge in [-0.25, -0.2) is 9.48 Å². The molecule has 0 saturated heterocycles. The van der Waals surface area contributed by atoms with Crippen LogP contribution in [0.5, 0.6) is 5.75 Å². The summed E-state index contributed by atoms with van der Waals surface area (Å²) in [5.41, 5.74) is 2.91. The number of aryl methyl sites for hydroxylation is 1. The van der Waals surface area contributed by atoms with Crippen LogP contribution in [-0.4, -0.2) is 52.4 Å². The van der Waals surface area contributed by atoms with Crippen molar-refractivity contribution in [3.8, 4) is 22.6 Å². The first kappa shape index (κ1) is 26.8. The molecule has 3 amide bonds. The van der Waals surface area contributed by atoms with Crippen LogP contribution < -0.4 is 15.4 Å². The lowest BCUT2D eigenvalue weighted by Gasteiger charge is -2.29. The molecule has 2 aromatic carbocycles. The quantitative estimate of drug-likeness (QED) is 0.450. The maximum absolute atomic E-state index is 13.4. The maximum Gasteiger partial charge on any atom is 0.318 e. The Morgan fingerprint density at radius 2 is 1.69 bits per heavy atom. The molecule has 3 aromatic rings. The number of rotatable bonds is 8. The molecule has 3 rings (SSSR count). The molecule has 36 heavy (non-hydrogen) atoms. The molecule has 2 N–H and O–H groups in total. The summed E-state index contributed by atoms with van der Waals surface area (Å²) in [6.45, 7) is 12.1. The smallest absolute Gasteiger partial charge is 0.318 e. The molecule has 0 spiro atoms. The highest BCUT2D eigenvalue weighted by Gasteiger charge is 2.25. The number of ether oxygens (including phenoxy) is 1. The lowest BCUT2D eigenvalue weighted by atomic mass is 10.1. The van der Waals surface area contributed by atoms with Gasteiger partial charge < -0.3 is 20.3 Å². The standard InChI is InChI=1S/C28H37N5O3/c1-19(2)17-32(27(35)30-28(4,5)6)18-24(34)29-26-25(21-11-9-8-10-12-21)20(3)31-33(26)22-13-15-23(36-7)16-14-22/h8-16,19H,17-18H2,1-7H3,(H,29,34)(H,30,35). The van der Waals surface area contributed by atoms with Crippen LogP contribution in [0.1, 0.15) is 40.3 Å². The van der Waals surface area contributed by atoms with Crippen LogP contribution in [-0.2, 0) is 4.79 Å². The van der Waals surface area contributed by atoms with Crippen molar-refractivity contribution in [3.05, 3.63) is 60.3 Å². The number of urea groups is 1. The van der Waals surface area contributed by atoms with Gasteiger partial charge in [-0.15, -0.1) is 0 Å². The fourth-order valence-electron chi connectivity index (χ4n) is 3.91. The number of carbonyl (C=O) groups excluding carboxylic acids is 2. The number of carbonyl (C=O) groups is 2. The van der Waals surface area contributed by atoms with E-state index in [0.29, 0.717) is 12.4 Å². The van der Waals surface area contributed by atoms with Gasteiger partial charge in [-0.05, 0) is 63.4 Å². The number of hydrogen-bond acceptors (Lipinski definition) is 4. The number of anilines is 1. The predicted octanol–water partition coefficient (Wildman–Crippen LogP) is 5.26. The zero-order valence-electron chi connectivity index (χ0n) is 22.3. The summed E-state index contributed by atoms with van der Waals surface area (Å²) in [6, 6.07) is 17.0. The number of hydrogen-bond donors (Lipinski definition) is 2. The highest BCUT2D eigenvalue weighted by Crippen LogP contribution is 2.33. The van der Waals surface area contributed by atoms with Crippen molar-refractivity contribution in [2.45, 2.75) is 47.1 Å². The van der Waals surface area contributed by atoms with E-state index in [4.69, 9.17) is 9.84 Å². The van der Waals surface area contributed by atoms with E-state index in [0.717, 1.165) is 28.3 Å². The Balaban J connectivity index is 1.97. The number of amides is 3. The number of aromatic nitrogens is 2. The molecular formula is C28H37N5O3. The van der Waals surface area contributed by atoms with Crippen LogP contribution >= 0.6 is 0 Å². The van der Waals surface area contributed by atoms with Crippen molar-refractivity contribution in [2.75, 3.05) is 25.5 Å². The molecule has 8 heteroatoms. The Bertz CT molecular complexity index is 1180. The summed E-state index contributed by atoms with van der Waals surface area (Å²) >= 11 is 0. The molecule has 0 aliphatic heterocycles. The molecule has 1 aromatic heterocycles. The van der Waals surface area contributed by atoms with Gasteiger partial charge >= 0.3 is 6.03 Å². The molecule has 0 aliphatic rings. The Labute approximate surface area is 213 Å². The first-order valence-corrected chi connectivity index (χ1v) is 12.1. The van der Waals surface area contributed by atoms with Crippen LogP contribution in [0.4, 0.5) is 10.6 Å². The zero-order valence-corrected chi connectivity index (χ0v) is 22.3. The third-order valence-corrected chi connectivity index (χ3v) is 5.39. The van der Waals surface area contributed by atoms with Gasteiger partial charge in [0.1, 0.15) is 18.1 Å². The van der Waals surface area contributed by atoms with Crippen molar-refractivity contribution in [3.63, 3.8) is 0 Å². The predicted molar refractivity (Wildman–Crippen MR) is 144 cm³/mol. The first-order chi connectivity index (χ1) is 17.0. The first-order valence-electron chi connectivity index (χ1n) is 12.1. The summed E-state index contributed by atoms with van der Waals surface area (Å²) < 4.78 is 7.01. The third-order valence-electron chi connectivity index (χ3n) is 5.39. The van der Waals surface area contributed by atoms with Gasteiger partial charge in [0.05, 0.1) is 18.5 Å². The van der Waals surface area contributed by atoms with E-state index in [1.807, 2.05) is 96.1 Å². The molecule has 0 aliphatic carbocycles. The van der Waals surface area contributed by atoms with Gasteiger partial charge in [0.25, 0.3) is 0 Å². The lowest BCUT2D eigenvalue weighted by Crippen LogP contribution is -2.51. The largest absolute Gasteiger partial charge is 0.497 e. The number of methoxy groups -OCH3 is 1. The van der Waals surface area contributed by atoms with E-state index in [-0.39, 0.29) is 24.4 Å². The Kier molecular flexibility index (Phi) is 8.40. The monoisotopic (exact) mass is 491 g/mol. The average Bonchev–Trinajstić information content (AvgIpc) is 3.13.